The lowest BCUT2D eigenvalue weighted by atomic mass is 9.72. The largest absolute Gasteiger partial charge is 0.385 e. The summed E-state index contributed by atoms with van der Waals surface area (Å²) in [5, 5.41) is 0. The number of hydrogen-bond acceptors (Lipinski definition) is 3. The number of nitrogens with zero attached hydrogens (tertiary/aromatic N) is 2. The molecule has 148 valence electrons. The molecule has 2 heterocycles. The van der Waals surface area contributed by atoms with Crippen LogP contribution in [-0.2, 0) is 20.7 Å². The van der Waals surface area contributed by atoms with Crippen LogP contribution in [-0.4, -0.2) is 61.5 Å². The van der Waals surface area contributed by atoms with Crippen molar-refractivity contribution in [2.24, 2.45) is 5.41 Å². The van der Waals surface area contributed by atoms with Gasteiger partial charge in [-0.1, -0.05) is 29.8 Å². The van der Waals surface area contributed by atoms with Gasteiger partial charge in [0.1, 0.15) is 0 Å². The normalized spacial score (nSPS) is 19.6. The smallest absolute Gasteiger partial charge is 0.226 e. The van der Waals surface area contributed by atoms with Crippen LogP contribution in [0, 0.1) is 12.3 Å². The first kappa shape index (κ1) is 19.9. The van der Waals surface area contributed by atoms with E-state index in [0.29, 0.717) is 19.4 Å². The summed E-state index contributed by atoms with van der Waals surface area (Å²) in [7, 11) is 1.70. The van der Waals surface area contributed by atoms with Crippen molar-refractivity contribution >= 4 is 11.8 Å². The molecule has 2 fully saturated rings. The van der Waals surface area contributed by atoms with E-state index in [0.717, 1.165) is 57.4 Å². The highest BCUT2D eigenvalue weighted by atomic mass is 16.5. The molecule has 0 aromatic heterocycles. The van der Waals surface area contributed by atoms with Crippen LogP contribution in [0.4, 0.5) is 0 Å². The van der Waals surface area contributed by atoms with E-state index in [2.05, 4.69) is 19.1 Å². The second-order valence-electron chi connectivity index (χ2n) is 8.20. The molecule has 0 N–H and O–H groups in total. The predicted octanol–water partition coefficient (Wildman–Crippen LogP) is 2.81. The van der Waals surface area contributed by atoms with Gasteiger partial charge in [0.15, 0.2) is 0 Å². The number of rotatable bonds is 6. The van der Waals surface area contributed by atoms with Crippen LogP contribution in [0.25, 0.3) is 0 Å². The number of benzene rings is 1. The van der Waals surface area contributed by atoms with E-state index in [4.69, 9.17) is 4.74 Å². The van der Waals surface area contributed by atoms with E-state index in [1.165, 1.54) is 5.56 Å². The van der Waals surface area contributed by atoms with Gasteiger partial charge in [0.2, 0.25) is 11.8 Å². The first-order valence-electron chi connectivity index (χ1n) is 10.1. The molecule has 3 rings (SSSR count). The SMILES string of the molecule is COCCCN1CC2(CCC1=O)CCN(C(=O)Cc1ccc(C)cc1)CC2. The lowest BCUT2D eigenvalue weighted by Crippen LogP contribution is -2.52. The minimum absolute atomic E-state index is 0.196. The highest BCUT2D eigenvalue weighted by molar-refractivity contribution is 5.79. The lowest BCUT2D eigenvalue weighted by molar-refractivity contribution is -0.142. The van der Waals surface area contributed by atoms with Gasteiger partial charge < -0.3 is 14.5 Å². The molecule has 1 aromatic carbocycles. The Morgan fingerprint density at radius 2 is 1.85 bits per heavy atom. The van der Waals surface area contributed by atoms with Gasteiger partial charge in [-0.15, -0.1) is 0 Å². The number of hydrogen-bond donors (Lipinski definition) is 0. The summed E-state index contributed by atoms with van der Waals surface area (Å²) in [6.45, 7) is 6.00. The topological polar surface area (TPSA) is 49.9 Å². The van der Waals surface area contributed by atoms with Crippen molar-refractivity contribution < 1.29 is 14.3 Å². The second-order valence-corrected chi connectivity index (χ2v) is 8.20. The van der Waals surface area contributed by atoms with Gasteiger partial charge in [0, 0.05) is 46.3 Å². The molecule has 0 bridgehead atoms. The zero-order valence-corrected chi connectivity index (χ0v) is 16.7. The lowest BCUT2D eigenvalue weighted by Gasteiger charge is -2.47. The highest BCUT2D eigenvalue weighted by Crippen LogP contribution is 2.40. The Bertz CT molecular complexity index is 648. The summed E-state index contributed by atoms with van der Waals surface area (Å²) < 4.78 is 5.12. The van der Waals surface area contributed by atoms with E-state index in [-0.39, 0.29) is 17.2 Å². The molecule has 0 saturated carbocycles. The molecule has 2 amide bonds. The van der Waals surface area contributed by atoms with Crippen LogP contribution in [0.5, 0.6) is 0 Å². The molecule has 2 saturated heterocycles. The van der Waals surface area contributed by atoms with Crippen LogP contribution >= 0.6 is 0 Å². The Hall–Kier alpha value is -1.88. The zero-order chi connectivity index (χ0) is 19.3. The number of carbonyl (C=O) groups is 2. The molecule has 5 nitrogen and oxygen atoms in total. The third-order valence-electron chi connectivity index (χ3n) is 6.18. The quantitative estimate of drug-likeness (QED) is 0.722. The van der Waals surface area contributed by atoms with Crippen molar-refractivity contribution in [3.63, 3.8) is 0 Å². The first-order chi connectivity index (χ1) is 13.0. The van der Waals surface area contributed by atoms with E-state index in [9.17, 15) is 9.59 Å². The molecule has 5 heteroatoms. The molecule has 1 spiro atoms. The number of amides is 2. The van der Waals surface area contributed by atoms with E-state index in [1.54, 1.807) is 7.11 Å². The summed E-state index contributed by atoms with van der Waals surface area (Å²) in [4.78, 5) is 28.9. The minimum Gasteiger partial charge on any atom is -0.385 e. The summed E-state index contributed by atoms with van der Waals surface area (Å²) >= 11 is 0. The molecular formula is C22H32N2O3. The Kier molecular flexibility index (Phi) is 6.53. The number of carbonyl (C=O) groups excluding carboxylic acids is 2. The van der Waals surface area contributed by atoms with Gasteiger partial charge in [0.05, 0.1) is 6.42 Å². The van der Waals surface area contributed by atoms with Gasteiger partial charge in [-0.05, 0) is 43.6 Å². The number of ether oxygens (including phenoxy) is 1. The fourth-order valence-corrected chi connectivity index (χ4v) is 4.34. The van der Waals surface area contributed by atoms with Crippen LogP contribution in [0.15, 0.2) is 24.3 Å². The third kappa shape index (κ3) is 5.10. The Morgan fingerprint density at radius 1 is 1.15 bits per heavy atom. The third-order valence-corrected chi connectivity index (χ3v) is 6.18. The second kappa shape index (κ2) is 8.87. The van der Waals surface area contributed by atoms with E-state index >= 15 is 0 Å². The van der Waals surface area contributed by atoms with Crippen molar-refractivity contribution in [1.82, 2.24) is 9.80 Å². The Labute approximate surface area is 162 Å². The first-order valence-corrected chi connectivity index (χ1v) is 10.1. The van der Waals surface area contributed by atoms with Crippen molar-refractivity contribution in [2.75, 3.05) is 39.9 Å². The summed E-state index contributed by atoms with van der Waals surface area (Å²) in [6, 6.07) is 8.21. The van der Waals surface area contributed by atoms with Crippen LogP contribution < -0.4 is 0 Å². The molecule has 0 aliphatic carbocycles. The fourth-order valence-electron chi connectivity index (χ4n) is 4.34. The van der Waals surface area contributed by atoms with Gasteiger partial charge in [-0.2, -0.15) is 0 Å². The maximum Gasteiger partial charge on any atom is 0.226 e. The highest BCUT2D eigenvalue weighted by Gasteiger charge is 2.41. The fraction of sp³-hybridized carbons (Fsp3) is 0.636. The summed E-state index contributed by atoms with van der Waals surface area (Å²) in [5.41, 5.74) is 2.49. The maximum absolute atomic E-state index is 12.7. The number of aryl methyl sites for hydroxylation is 1. The van der Waals surface area contributed by atoms with Gasteiger partial charge >= 0.3 is 0 Å². The van der Waals surface area contributed by atoms with Crippen LogP contribution in [0.1, 0.15) is 43.2 Å². The molecule has 1 aromatic rings. The van der Waals surface area contributed by atoms with Crippen LogP contribution in [0.3, 0.4) is 0 Å². The minimum atomic E-state index is 0.196. The number of methoxy groups -OCH3 is 1. The van der Waals surface area contributed by atoms with Crippen molar-refractivity contribution in [3.8, 4) is 0 Å². The Balaban J connectivity index is 1.51. The molecule has 2 aliphatic rings. The molecule has 27 heavy (non-hydrogen) atoms. The maximum atomic E-state index is 12.7. The van der Waals surface area contributed by atoms with E-state index in [1.807, 2.05) is 21.9 Å². The summed E-state index contributed by atoms with van der Waals surface area (Å²) in [5.74, 6) is 0.493. The molecule has 0 unspecified atom stereocenters. The van der Waals surface area contributed by atoms with Crippen molar-refractivity contribution in [1.29, 1.82) is 0 Å². The molecule has 0 atom stereocenters. The summed E-state index contributed by atoms with van der Waals surface area (Å²) in [6.07, 6.45) is 4.98. The molecule has 2 aliphatic heterocycles. The molecule has 0 radical (unpaired) electrons. The average Bonchev–Trinajstić information content (AvgIpc) is 2.67. The monoisotopic (exact) mass is 372 g/mol. The van der Waals surface area contributed by atoms with Gasteiger partial charge in [-0.25, -0.2) is 0 Å². The van der Waals surface area contributed by atoms with Crippen molar-refractivity contribution in [3.05, 3.63) is 35.4 Å². The average molecular weight is 373 g/mol. The number of likely N-dealkylation sites (tertiary alicyclic amines) is 2. The Morgan fingerprint density at radius 3 is 2.52 bits per heavy atom. The van der Waals surface area contributed by atoms with Crippen molar-refractivity contribution in [2.45, 2.75) is 45.4 Å². The molecular weight excluding hydrogens is 340 g/mol. The van der Waals surface area contributed by atoms with Gasteiger partial charge in [-0.3, -0.25) is 9.59 Å². The van der Waals surface area contributed by atoms with Gasteiger partial charge in [0.25, 0.3) is 0 Å². The van der Waals surface area contributed by atoms with Crippen LogP contribution in [0.2, 0.25) is 0 Å². The zero-order valence-electron chi connectivity index (χ0n) is 16.7. The standard InChI is InChI=1S/C22H32N2O3/c1-18-4-6-19(7-5-18)16-21(26)23-13-10-22(11-14-23)9-8-20(25)24(17-22)12-3-15-27-2/h4-7H,3,8-17H2,1-2H3. The van der Waals surface area contributed by atoms with E-state index < -0.39 is 0 Å². The number of piperidine rings is 2. The predicted molar refractivity (Wildman–Crippen MR) is 105 cm³/mol.